The Morgan fingerprint density at radius 3 is 2.86 bits per heavy atom. The van der Waals surface area contributed by atoms with Gasteiger partial charge in [-0.25, -0.2) is 17.8 Å². The van der Waals surface area contributed by atoms with Crippen LogP contribution in [0.2, 0.25) is 0 Å². The molecule has 146 valence electrons. The third-order valence-electron chi connectivity index (χ3n) is 4.73. The SMILES string of the molecule is Cc1nc2c(Cc3ccc(F)c([C@]4(C)CS(=O)(=O)CC(N)=N4)c3)nccc2s1. The van der Waals surface area contributed by atoms with Gasteiger partial charge in [0.15, 0.2) is 9.84 Å². The van der Waals surface area contributed by atoms with Crippen LogP contribution in [0.25, 0.3) is 10.2 Å². The van der Waals surface area contributed by atoms with Gasteiger partial charge < -0.3 is 5.73 Å². The van der Waals surface area contributed by atoms with E-state index in [-0.39, 0.29) is 22.9 Å². The van der Waals surface area contributed by atoms with Gasteiger partial charge in [-0.15, -0.1) is 11.3 Å². The van der Waals surface area contributed by atoms with E-state index < -0.39 is 21.2 Å². The lowest BCUT2D eigenvalue weighted by molar-refractivity contribution is 0.489. The number of hydrogen-bond acceptors (Lipinski definition) is 7. The average molecular weight is 419 g/mol. The number of rotatable bonds is 3. The van der Waals surface area contributed by atoms with Crippen molar-refractivity contribution in [3.63, 3.8) is 0 Å². The normalized spacial score (nSPS) is 21.6. The van der Waals surface area contributed by atoms with E-state index in [1.54, 1.807) is 36.6 Å². The van der Waals surface area contributed by atoms with Gasteiger partial charge in [-0.3, -0.25) is 9.98 Å². The smallest absolute Gasteiger partial charge is 0.160 e. The first kappa shape index (κ1) is 18.9. The first-order valence-corrected chi connectivity index (χ1v) is 11.3. The van der Waals surface area contributed by atoms with E-state index in [1.165, 1.54) is 6.07 Å². The van der Waals surface area contributed by atoms with E-state index in [9.17, 15) is 12.8 Å². The van der Waals surface area contributed by atoms with Crippen molar-refractivity contribution in [1.82, 2.24) is 9.97 Å². The largest absolute Gasteiger partial charge is 0.387 e. The molecule has 9 heteroatoms. The number of thiazole rings is 1. The van der Waals surface area contributed by atoms with Crippen LogP contribution in [0.15, 0.2) is 35.5 Å². The highest BCUT2D eigenvalue weighted by molar-refractivity contribution is 7.92. The maximum absolute atomic E-state index is 14.6. The van der Waals surface area contributed by atoms with Crippen LogP contribution in [0.4, 0.5) is 4.39 Å². The third kappa shape index (κ3) is 3.51. The molecule has 1 aliphatic heterocycles. The van der Waals surface area contributed by atoms with Crippen molar-refractivity contribution in [3.05, 3.63) is 58.1 Å². The zero-order valence-corrected chi connectivity index (χ0v) is 17.1. The number of aromatic nitrogens is 2. The van der Waals surface area contributed by atoms with Gasteiger partial charge in [0.05, 0.1) is 21.2 Å². The molecular formula is C19H19FN4O2S2. The summed E-state index contributed by atoms with van der Waals surface area (Å²) in [5.41, 5.74) is 7.14. The van der Waals surface area contributed by atoms with E-state index in [0.717, 1.165) is 26.5 Å². The van der Waals surface area contributed by atoms with Crippen LogP contribution in [0.1, 0.15) is 28.8 Å². The zero-order valence-electron chi connectivity index (χ0n) is 15.4. The number of hydrogen-bond donors (Lipinski definition) is 1. The Morgan fingerprint density at radius 2 is 2.11 bits per heavy atom. The Bertz CT molecular complexity index is 1220. The molecule has 0 spiro atoms. The molecule has 3 aromatic rings. The Labute approximate surface area is 166 Å². The van der Waals surface area contributed by atoms with Crippen molar-refractivity contribution in [2.45, 2.75) is 25.8 Å². The molecule has 4 rings (SSSR count). The summed E-state index contributed by atoms with van der Waals surface area (Å²) in [6.07, 6.45) is 2.19. The lowest BCUT2D eigenvalue weighted by Crippen LogP contribution is -2.42. The second-order valence-corrected chi connectivity index (χ2v) is 10.5. The maximum Gasteiger partial charge on any atom is 0.160 e. The average Bonchev–Trinajstić information content (AvgIpc) is 2.95. The molecule has 3 heterocycles. The highest BCUT2D eigenvalue weighted by Crippen LogP contribution is 2.33. The molecule has 2 N–H and O–H groups in total. The van der Waals surface area contributed by atoms with Crippen LogP contribution < -0.4 is 5.73 Å². The summed E-state index contributed by atoms with van der Waals surface area (Å²) in [4.78, 5) is 13.3. The number of pyridine rings is 1. The molecule has 1 aliphatic rings. The summed E-state index contributed by atoms with van der Waals surface area (Å²) >= 11 is 1.60. The van der Waals surface area contributed by atoms with E-state index >= 15 is 0 Å². The number of sulfone groups is 1. The highest BCUT2D eigenvalue weighted by Gasteiger charge is 2.39. The van der Waals surface area contributed by atoms with E-state index in [2.05, 4.69) is 15.0 Å². The number of nitrogens with zero attached hydrogens (tertiary/aromatic N) is 3. The summed E-state index contributed by atoms with van der Waals surface area (Å²) < 4.78 is 40.1. The fraction of sp³-hybridized carbons (Fsp3) is 0.316. The monoisotopic (exact) mass is 418 g/mol. The Morgan fingerprint density at radius 1 is 1.32 bits per heavy atom. The number of nitrogens with two attached hydrogens (primary N) is 1. The van der Waals surface area contributed by atoms with E-state index in [0.29, 0.717) is 6.42 Å². The lowest BCUT2D eigenvalue weighted by Gasteiger charge is -2.30. The molecule has 0 amide bonds. The lowest BCUT2D eigenvalue weighted by atomic mass is 9.91. The van der Waals surface area contributed by atoms with Gasteiger partial charge in [0.25, 0.3) is 0 Å². The minimum absolute atomic E-state index is 0.00272. The molecule has 0 aliphatic carbocycles. The first-order valence-electron chi connectivity index (χ1n) is 8.70. The van der Waals surface area contributed by atoms with Crippen molar-refractivity contribution in [1.29, 1.82) is 0 Å². The molecule has 2 aromatic heterocycles. The van der Waals surface area contributed by atoms with Crippen LogP contribution in [-0.4, -0.2) is 35.7 Å². The molecule has 0 radical (unpaired) electrons. The van der Waals surface area contributed by atoms with E-state index in [4.69, 9.17) is 5.73 Å². The van der Waals surface area contributed by atoms with Crippen molar-refractivity contribution < 1.29 is 12.8 Å². The molecule has 1 atom stereocenters. The maximum atomic E-state index is 14.6. The standard InChI is InChI=1S/C19H19FN4O2S2/c1-11-23-18-15(22-6-5-16(18)27-11)8-12-3-4-14(20)13(7-12)19(2)10-28(25,26)9-17(21)24-19/h3-7H,8-10H2,1-2H3,(H2,21,24)/t19-/m0/s1. The van der Waals surface area contributed by atoms with Crippen LogP contribution in [-0.2, 0) is 21.8 Å². The number of fused-ring (bicyclic) bond motifs is 1. The number of aryl methyl sites for hydroxylation is 1. The van der Waals surface area contributed by atoms with Crippen LogP contribution in [0, 0.1) is 12.7 Å². The third-order valence-corrected chi connectivity index (χ3v) is 7.41. The molecule has 28 heavy (non-hydrogen) atoms. The van der Waals surface area contributed by atoms with Gasteiger partial charge in [0.1, 0.15) is 28.5 Å². The molecule has 0 saturated carbocycles. The molecule has 0 saturated heterocycles. The number of amidine groups is 1. The number of halogens is 1. The number of aliphatic imine (C=N–C) groups is 1. The summed E-state index contributed by atoms with van der Waals surface area (Å²) in [5, 5.41) is 0.953. The Balaban J connectivity index is 1.76. The minimum Gasteiger partial charge on any atom is -0.387 e. The molecule has 6 nitrogen and oxygen atoms in total. The van der Waals surface area contributed by atoms with Crippen LogP contribution in [0.3, 0.4) is 0 Å². The van der Waals surface area contributed by atoms with Gasteiger partial charge in [-0.2, -0.15) is 0 Å². The van der Waals surface area contributed by atoms with Crippen LogP contribution in [0.5, 0.6) is 0 Å². The molecule has 0 unspecified atom stereocenters. The Kier molecular flexibility index (Phi) is 4.46. The summed E-state index contributed by atoms with van der Waals surface area (Å²) in [6.45, 7) is 3.54. The minimum atomic E-state index is -3.45. The van der Waals surface area contributed by atoms with Gasteiger partial charge in [-0.1, -0.05) is 12.1 Å². The van der Waals surface area contributed by atoms with Gasteiger partial charge >= 0.3 is 0 Å². The summed E-state index contributed by atoms with van der Waals surface area (Å²) in [7, 11) is -3.45. The number of benzene rings is 1. The second kappa shape index (κ2) is 6.59. The van der Waals surface area contributed by atoms with Gasteiger partial charge in [-0.05, 0) is 31.5 Å². The van der Waals surface area contributed by atoms with Gasteiger partial charge in [0, 0.05) is 18.2 Å². The first-order chi connectivity index (χ1) is 13.2. The highest BCUT2D eigenvalue weighted by atomic mass is 32.2. The predicted molar refractivity (Wildman–Crippen MR) is 109 cm³/mol. The zero-order chi connectivity index (χ0) is 20.1. The van der Waals surface area contributed by atoms with Crippen molar-refractivity contribution >= 4 is 37.2 Å². The van der Waals surface area contributed by atoms with Crippen molar-refractivity contribution in [3.8, 4) is 0 Å². The second-order valence-electron chi connectivity index (χ2n) is 7.24. The molecule has 0 fully saturated rings. The van der Waals surface area contributed by atoms with E-state index in [1.807, 2.05) is 13.0 Å². The van der Waals surface area contributed by atoms with Gasteiger partial charge in [0.2, 0.25) is 0 Å². The molecular weight excluding hydrogens is 399 g/mol. The topological polar surface area (TPSA) is 98.3 Å². The summed E-state index contributed by atoms with van der Waals surface area (Å²) in [6, 6.07) is 6.60. The summed E-state index contributed by atoms with van der Waals surface area (Å²) in [5.74, 6) is -1.07. The fourth-order valence-electron chi connectivity index (χ4n) is 3.66. The predicted octanol–water partition coefficient (Wildman–Crippen LogP) is 2.73. The molecule has 0 bridgehead atoms. The van der Waals surface area contributed by atoms with Crippen molar-refractivity contribution in [2.24, 2.45) is 10.7 Å². The Hall–Kier alpha value is -2.39. The van der Waals surface area contributed by atoms with Crippen molar-refractivity contribution in [2.75, 3.05) is 11.5 Å². The molecule has 1 aromatic carbocycles. The van der Waals surface area contributed by atoms with Crippen LogP contribution >= 0.6 is 11.3 Å². The quantitative estimate of drug-likeness (QED) is 0.705. The fourth-order valence-corrected chi connectivity index (χ4v) is 6.20.